The Hall–Kier alpha value is -0.810. The minimum absolute atomic E-state index is 0.369. The fourth-order valence-electron chi connectivity index (χ4n) is 0.909. The maximum absolute atomic E-state index is 7.99. The van der Waals surface area contributed by atoms with Crippen molar-refractivity contribution >= 4 is 0 Å². The molecule has 0 aliphatic carbocycles. The Morgan fingerprint density at radius 1 is 1.00 bits per heavy atom. The SMILES string of the molecule is CC(C)COCCOCCOCCN=[N+]=[N-]. The highest BCUT2D eigenvalue weighted by molar-refractivity contribution is 4.44. The summed E-state index contributed by atoms with van der Waals surface area (Å²) in [5.74, 6) is 0.559. The average Bonchev–Trinajstić information content (AvgIpc) is 2.25. The number of nitrogens with zero attached hydrogens (tertiary/aromatic N) is 3. The maximum Gasteiger partial charge on any atom is 0.0701 e. The molecule has 6 nitrogen and oxygen atoms in total. The Morgan fingerprint density at radius 2 is 1.56 bits per heavy atom. The molecule has 0 rings (SSSR count). The lowest BCUT2D eigenvalue weighted by Crippen LogP contribution is -2.12. The van der Waals surface area contributed by atoms with Crippen molar-refractivity contribution in [2.75, 3.05) is 46.2 Å². The first kappa shape index (κ1) is 15.2. The average molecular weight is 231 g/mol. The van der Waals surface area contributed by atoms with Gasteiger partial charge in [0, 0.05) is 18.1 Å². The molecule has 6 heteroatoms. The van der Waals surface area contributed by atoms with Gasteiger partial charge in [-0.05, 0) is 11.4 Å². The fraction of sp³-hybridized carbons (Fsp3) is 1.00. The number of hydrogen-bond acceptors (Lipinski definition) is 4. The summed E-state index contributed by atoms with van der Waals surface area (Å²) in [5.41, 5.74) is 7.99. The van der Waals surface area contributed by atoms with Crippen LogP contribution in [0.4, 0.5) is 0 Å². The van der Waals surface area contributed by atoms with Crippen LogP contribution < -0.4 is 0 Å². The van der Waals surface area contributed by atoms with Gasteiger partial charge in [0.2, 0.25) is 0 Å². The first-order chi connectivity index (χ1) is 7.77. The fourth-order valence-corrected chi connectivity index (χ4v) is 0.909. The van der Waals surface area contributed by atoms with Crippen molar-refractivity contribution in [1.29, 1.82) is 0 Å². The van der Waals surface area contributed by atoms with Crippen LogP contribution in [0.15, 0.2) is 5.11 Å². The van der Waals surface area contributed by atoms with E-state index in [1.165, 1.54) is 0 Å². The van der Waals surface area contributed by atoms with E-state index in [1.54, 1.807) is 0 Å². The summed E-state index contributed by atoms with van der Waals surface area (Å²) in [6.45, 7) is 8.07. The molecule has 0 radical (unpaired) electrons. The molecule has 0 heterocycles. The summed E-state index contributed by atoms with van der Waals surface area (Å²) in [5, 5.41) is 3.34. The lowest BCUT2D eigenvalue weighted by Gasteiger charge is -2.07. The predicted octanol–water partition coefficient (Wildman–Crippen LogP) is 2.00. The maximum atomic E-state index is 7.99. The second kappa shape index (κ2) is 12.3. The van der Waals surface area contributed by atoms with Gasteiger partial charge in [0.1, 0.15) is 0 Å². The van der Waals surface area contributed by atoms with Crippen LogP contribution in [0, 0.1) is 5.92 Å². The van der Waals surface area contributed by atoms with Crippen molar-refractivity contribution in [3.8, 4) is 0 Å². The largest absolute Gasteiger partial charge is 0.379 e. The number of rotatable bonds is 11. The van der Waals surface area contributed by atoms with Crippen LogP contribution in [0.25, 0.3) is 10.4 Å². The molecule has 0 fully saturated rings. The predicted molar refractivity (Wildman–Crippen MR) is 61.3 cm³/mol. The Morgan fingerprint density at radius 3 is 2.12 bits per heavy atom. The molecule has 0 N–H and O–H groups in total. The van der Waals surface area contributed by atoms with Crippen molar-refractivity contribution in [2.45, 2.75) is 13.8 Å². The summed E-state index contributed by atoms with van der Waals surface area (Å²) in [4.78, 5) is 2.61. The lowest BCUT2D eigenvalue weighted by molar-refractivity contribution is 0.0108. The monoisotopic (exact) mass is 231 g/mol. The van der Waals surface area contributed by atoms with Crippen molar-refractivity contribution in [3.63, 3.8) is 0 Å². The third kappa shape index (κ3) is 13.2. The van der Waals surface area contributed by atoms with E-state index in [4.69, 9.17) is 19.7 Å². The molecule has 0 bridgehead atoms. The Balaban J connectivity index is 2.96. The van der Waals surface area contributed by atoms with Gasteiger partial charge in [-0.15, -0.1) is 0 Å². The van der Waals surface area contributed by atoms with Crippen LogP contribution in [-0.2, 0) is 14.2 Å². The van der Waals surface area contributed by atoms with Gasteiger partial charge >= 0.3 is 0 Å². The van der Waals surface area contributed by atoms with E-state index in [9.17, 15) is 0 Å². The van der Waals surface area contributed by atoms with Crippen molar-refractivity contribution in [3.05, 3.63) is 10.4 Å². The molecule has 0 aliphatic heterocycles. The summed E-state index contributed by atoms with van der Waals surface area (Å²) in [6, 6.07) is 0. The van der Waals surface area contributed by atoms with Crippen molar-refractivity contribution in [1.82, 2.24) is 0 Å². The smallest absolute Gasteiger partial charge is 0.0701 e. The summed E-state index contributed by atoms with van der Waals surface area (Å²) in [6.07, 6.45) is 0. The van der Waals surface area contributed by atoms with Crippen LogP contribution in [0.3, 0.4) is 0 Å². The second-order valence-corrected chi connectivity index (χ2v) is 3.65. The van der Waals surface area contributed by atoms with Crippen LogP contribution in [0.2, 0.25) is 0 Å². The molecular weight excluding hydrogens is 210 g/mol. The van der Waals surface area contributed by atoms with Crippen LogP contribution in [-0.4, -0.2) is 46.2 Å². The molecule has 16 heavy (non-hydrogen) atoms. The number of ether oxygens (including phenoxy) is 3. The molecule has 0 aliphatic rings. The van der Waals surface area contributed by atoms with Gasteiger partial charge in [0.15, 0.2) is 0 Å². The van der Waals surface area contributed by atoms with E-state index in [-0.39, 0.29) is 0 Å². The molecule has 0 amide bonds. The zero-order valence-corrected chi connectivity index (χ0v) is 10.1. The van der Waals surface area contributed by atoms with E-state index in [0.29, 0.717) is 45.5 Å². The number of hydrogen-bond donors (Lipinski definition) is 0. The van der Waals surface area contributed by atoms with Gasteiger partial charge in [0.25, 0.3) is 0 Å². The van der Waals surface area contributed by atoms with E-state index < -0.39 is 0 Å². The van der Waals surface area contributed by atoms with Gasteiger partial charge < -0.3 is 14.2 Å². The van der Waals surface area contributed by atoms with Crippen LogP contribution >= 0.6 is 0 Å². The summed E-state index contributed by atoms with van der Waals surface area (Å²) >= 11 is 0. The third-order valence-corrected chi connectivity index (χ3v) is 1.59. The first-order valence-electron chi connectivity index (χ1n) is 5.51. The Labute approximate surface area is 96.5 Å². The zero-order valence-electron chi connectivity index (χ0n) is 10.1. The molecule has 0 aromatic rings. The standard InChI is InChI=1S/C10H21N3O3/c1-10(2)9-16-8-7-15-6-5-14-4-3-12-13-11/h10H,3-9H2,1-2H3. The Bertz CT molecular complexity index is 194. The van der Waals surface area contributed by atoms with Gasteiger partial charge in [-0.3, -0.25) is 0 Å². The minimum Gasteiger partial charge on any atom is -0.379 e. The lowest BCUT2D eigenvalue weighted by atomic mass is 10.2. The molecular formula is C10H21N3O3. The topological polar surface area (TPSA) is 76.5 Å². The molecule has 0 saturated heterocycles. The highest BCUT2D eigenvalue weighted by Crippen LogP contribution is 1.91. The molecule has 0 unspecified atom stereocenters. The minimum atomic E-state index is 0.369. The number of azide groups is 1. The normalized spacial score (nSPS) is 10.4. The van der Waals surface area contributed by atoms with Crippen LogP contribution in [0.5, 0.6) is 0 Å². The Kier molecular flexibility index (Phi) is 11.6. The molecule has 0 spiro atoms. The second-order valence-electron chi connectivity index (χ2n) is 3.65. The van der Waals surface area contributed by atoms with E-state index in [0.717, 1.165) is 6.61 Å². The highest BCUT2D eigenvalue weighted by atomic mass is 16.5. The van der Waals surface area contributed by atoms with Gasteiger partial charge in [-0.1, -0.05) is 19.0 Å². The molecule has 0 saturated carbocycles. The molecule has 0 aromatic heterocycles. The van der Waals surface area contributed by atoms with Gasteiger partial charge in [-0.2, -0.15) is 0 Å². The van der Waals surface area contributed by atoms with Crippen molar-refractivity contribution in [2.24, 2.45) is 11.0 Å². The highest BCUT2D eigenvalue weighted by Gasteiger charge is 1.94. The molecule has 94 valence electrons. The van der Waals surface area contributed by atoms with E-state index in [2.05, 4.69) is 23.9 Å². The third-order valence-electron chi connectivity index (χ3n) is 1.59. The van der Waals surface area contributed by atoms with E-state index >= 15 is 0 Å². The molecule has 0 atom stereocenters. The summed E-state index contributed by atoms with van der Waals surface area (Å²) in [7, 11) is 0. The first-order valence-corrected chi connectivity index (χ1v) is 5.51. The summed E-state index contributed by atoms with van der Waals surface area (Å²) < 4.78 is 15.8. The van der Waals surface area contributed by atoms with Crippen LogP contribution in [0.1, 0.15) is 13.8 Å². The van der Waals surface area contributed by atoms with Crippen molar-refractivity contribution < 1.29 is 14.2 Å². The van der Waals surface area contributed by atoms with Gasteiger partial charge in [-0.25, -0.2) is 0 Å². The quantitative estimate of drug-likeness (QED) is 0.236. The van der Waals surface area contributed by atoms with E-state index in [1.807, 2.05) is 0 Å². The van der Waals surface area contributed by atoms with Gasteiger partial charge in [0.05, 0.1) is 33.0 Å². The zero-order chi connectivity index (χ0) is 12.1. The molecule has 0 aromatic carbocycles.